The van der Waals surface area contributed by atoms with Gasteiger partial charge in [0.05, 0.1) is 5.69 Å². The van der Waals surface area contributed by atoms with Gasteiger partial charge in [0.2, 0.25) is 11.7 Å². The molecule has 8 nitrogen and oxygen atoms in total. The molecule has 0 saturated carbocycles. The Hall–Kier alpha value is -2.58. The molecule has 190 valence electrons. The van der Waals surface area contributed by atoms with E-state index in [1.807, 2.05) is 17.0 Å². The lowest BCUT2D eigenvalue weighted by Gasteiger charge is -2.39. The third-order valence-electron chi connectivity index (χ3n) is 6.71. The summed E-state index contributed by atoms with van der Waals surface area (Å²) in [4.78, 5) is 32.3. The van der Waals surface area contributed by atoms with Crippen LogP contribution in [0.4, 0.5) is 0 Å². The van der Waals surface area contributed by atoms with Gasteiger partial charge in [-0.1, -0.05) is 36.7 Å². The zero-order valence-electron chi connectivity index (χ0n) is 20.8. The number of rotatable bonds is 7. The third kappa shape index (κ3) is 6.76. The predicted molar refractivity (Wildman–Crippen MR) is 134 cm³/mol. The van der Waals surface area contributed by atoms with E-state index < -0.39 is 0 Å². The number of hydrogen-bond donors (Lipinski definition) is 0. The highest BCUT2D eigenvalue weighted by atomic mass is 35.5. The number of aromatic nitrogens is 1. The van der Waals surface area contributed by atoms with Crippen molar-refractivity contribution in [2.75, 3.05) is 46.3 Å². The molecule has 3 heterocycles. The second kappa shape index (κ2) is 11.4. The van der Waals surface area contributed by atoms with E-state index >= 15 is 0 Å². The number of piperidine rings is 1. The minimum Gasteiger partial charge on any atom is -0.490 e. The topological polar surface area (TPSA) is 79.1 Å². The van der Waals surface area contributed by atoms with Crippen LogP contribution in [0.1, 0.15) is 42.9 Å². The van der Waals surface area contributed by atoms with Gasteiger partial charge in [0.15, 0.2) is 0 Å². The fourth-order valence-corrected chi connectivity index (χ4v) is 4.93. The SMILES string of the molecule is CC(C)Cc1cc(C(=O)N2CC[C@H](Oc3cccc(Cl)c3)[C@@H](CC(=O)N3CCN(C)CC3)C2)on1. The summed E-state index contributed by atoms with van der Waals surface area (Å²) < 4.78 is 11.7. The quantitative estimate of drug-likeness (QED) is 0.575. The molecule has 1 aromatic carbocycles. The van der Waals surface area contributed by atoms with Gasteiger partial charge in [-0.2, -0.15) is 0 Å². The van der Waals surface area contributed by atoms with Crippen LogP contribution in [0.2, 0.25) is 5.02 Å². The Labute approximate surface area is 212 Å². The Morgan fingerprint density at radius 3 is 2.63 bits per heavy atom. The van der Waals surface area contributed by atoms with Gasteiger partial charge in [-0.05, 0) is 37.6 Å². The van der Waals surface area contributed by atoms with Crippen LogP contribution >= 0.6 is 11.6 Å². The molecule has 0 bridgehead atoms. The predicted octanol–water partition coefficient (Wildman–Crippen LogP) is 3.60. The Kier molecular flexibility index (Phi) is 8.34. The van der Waals surface area contributed by atoms with Crippen molar-refractivity contribution in [1.29, 1.82) is 0 Å². The number of piperazine rings is 1. The molecule has 0 aliphatic carbocycles. The van der Waals surface area contributed by atoms with Gasteiger partial charge in [-0.3, -0.25) is 9.59 Å². The molecule has 35 heavy (non-hydrogen) atoms. The smallest absolute Gasteiger partial charge is 0.292 e. The van der Waals surface area contributed by atoms with E-state index in [-0.39, 0.29) is 29.6 Å². The van der Waals surface area contributed by atoms with E-state index in [9.17, 15) is 9.59 Å². The third-order valence-corrected chi connectivity index (χ3v) is 6.95. The van der Waals surface area contributed by atoms with Crippen LogP contribution in [-0.2, 0) is 11.2 Å². The summed E-state index contributed by atoms with van der Waals surface area (Å²) in [5.74, 6) is 1.12. The molecular formula is C26H35ClN4O4. The number of carbonyl (C=O) groups excluding carboxylic acids is 2. The summed E-state index contributed by atoms with van der Waals surface area (Å²) in [5.41, 5.74) is 0.782. The number of benzene rings is 1. The first-order chi connectivity index (χ1) is 16.8. The van der Waals surface area contributed by atoms with Gasteiger partial charge in [-0.15, -0.1) is 0 Å². The fourth-order valence-electron chi connectivity index (χ4n) is 4.75. The van der Waals surface area contributed by atoms with Gasteiger partial charge in [0.25, 0.3) is 5.91 Å². The van der Waals surface area contributed by atoms with Crippen molar-refractivity contribution >= 4 is 23.4 Å². The van der Waals surface area contributed by atoms with Crippen LogP contribution in [0, 0.1) is 11.8 Å². The highest BCUT2D eigenvalue weighted by molar-refractivity contribution is 6.30. The molecule has 1 aromatic heterocycles. The zero-order valence-corrected chi connectivity index (χ0v) is 21.5. The summed E-state index contributed by atoms with van der Waals surface area (Å²) in [5, 5.41) is 4.66. The summed E-state index contributed by atoms with van der Waals surface area (Å²) in [6, 6.07) is 9.03. The molecule has 0 N–H and O–H groups in total. The van der Waals surface area contributed by atoms with Gasteiger partial charge in [0.1, 0.15) is 11.9 Å². The first-order valence-electron chi connectivity index (χ1n) is 12.4. The molecular weight excluding hydrogens is 468 g/mol. The first-order valence-corrected chi connectivity index (χ1v) is 12.8. The van der Waals surface area contributed by atoms with Crippen molar-refractivity contribution < 1.29 is 18.8 Å². The number of halogens is 1. The monoisotopic (exact) mass is 502 g/mol. The lowest BCUT2D eigenvalue weighted by atomic mass is 9.90. The number of likely N-dealkylation sites (N-methyl/N-ethyl adjacent to an activating group) is 1. The molecule has 2 atom stereocenters. The highest BCUT2D eigenvalue weighted by Crippen LogP contribution is 2.29. The molecule has 2 fully saturated rings. The van der Waals surface area contributed by atoms with Crippen LogP contribution in [0.3, 0.4) is 0 Å². The normalized spacial score (nSPS) is 21.4. The molecule has 0 unspecified atom stereocenters. The summed E-state index contributed by atoms with van der Waals surface area (Å²) >= 11 is 6.15. The number of likely N-dealkylation sites (tertiary alicyclic amines) is 1. The number of hydrogen-bond acceptors (Lipinski definition) is 6. The van der Waals surface area contributed by atoms with Crippen molar-refractivity contribution in [2.45, 2.75) is 39.2 Å². The molecule has 0 radical (unpaired) electrons. The Balaban J connectivity index is 1.46. The van der Waals surface area contributed by atoms with Gasteiger partial charge >= 0.3 is 0 Å². The van der Waals surface area contributed by atoms with E-state index in [1.165, 1.54) is 0 Å². The van der Waals surface area contributed by atoms with Crippen molar-refractivity contribution in [1.82, 2.24) is 19.9 Å². The van der Waals surface area contributed by atoms with E-state index in [2.05, 4.69) is 31.0 Å². The Bertz CT molecular complexity index is 1020. The lowest BCUT2D eigenvalue weighted by Crippen LogP contribution is -2.51. The zero-order chi connectivity index (χ0) is 24.9. The van der Waals surface area contributed by atoms with Gasteiger partial charge in [0, 0.05) is 69.1 Å². The standard InChI is InChI=1S/C26H35ClN4O4/c1-18(2)13-21-16-24(35-28-21)26(33)31-8-7-23(34-22-6-4-5-20(27)15-22)19(17-31)14-25(32)30-11-9-29(3)10-12-30/h4-6,15-16,18-19,23H,7-14,17H2,1-3H3/t19-,23-/m0/s1. The molecule has 9 heteroatoms. The Morgan fingerprint density at radius 2 is 1.91 bits per heavy atom. The number of nitrogens with zero attached hydrogens (tertiary/aromatic N) is 4. The maximum atomic E-state index is 13.2. The molecule has 0 spiro atoms. The van der Waals surface area contributed by atoms with Gasteiger partial charge < -0.3 is 24.0 Å². The number of ether oxygens (including phenoxy) is 1. The van der Waals surface area contributed by atoms with E-state index in [4.69, 9.17) is 20.9 Å². The molecule has 2 aromatic rings. The second-order valence-corrected chi connectivity index (χ2v) is 10.5. The average Bonchev–Trinajstić information content (AvgIpc) is 3.28. The molecule has 2 saturated heterocycles. The van der Waals surface area contributed by atoms with Gasteiger partial charge in [-0.25, -0.2) is 0 Å². The molecule has 2 aliphatic rings. The minimum atomic E-state index is -0.194. The van der Waals surface area contributed by atoms with E-state index in [0.29, 0.717) is 42.6 Å². The van der Waals surface area contributed by atoms with Crippen LogP contribution in [0.5, 0.6) is 5.75 Å². The largest absolute Gasteiger partial charge is 0.490 e. The molecule has 2 aliphatic heterocycles. The summed E-state index contributed by atoms with van der Waals surface area (Å²) in [6.45, 7) is 8.32. The Morgan fingerprint density at radius 1 is 1.14 bits per heavy atom. The van der Waals surface area contributed by atoms with Crippen molar-refractivity contribution in [3.63, 3.8) is 0 Å². The maximum absolute atomic E-state index is 13.2. The number of amides is 2. The van der Waals surface area contributed by atoms with Crippen molar-refractivity contribution in [3.05, 3.63) is 46.8 Å². The molecule has 4 rings (SSSR count). The minimum absolute atomic E-state index is 0.107. The van der Waals surface area contributed by atoms with Crippen LogP contribution in [0.15, 0.2) is 34.9 Å². The summed E-state index contributed by atoms with van der Waals surface area (Å²) in [7, 11) is 2.07. The second-order valence-electron chi connectivity index (χ2n) is 10.1. The summed E-state index contributed by atoms with van der Waals surface area (Å²) in [6.07, 6.45) is 1.51. The first kappa shape index (κ1) is 25.5. The molecule has 2 amide bonds. The lowest BCUT2D eigenvalue weighted by molar-refractivity contribution is -0.135. The van der Waals surface area contributed by atoms with E-state index in [0.717, 1.165) is 38.3 Å². The van der Waals surface area contributed by atoms with Crippen LogP contribution in [-0.4, -0.2) is 84.1 Å². The average molecular weight is 503 g/mol. The van der Waals surface area contributed by atoms with Crippen molar-refractivity contribution in [2.24, 2.45) is 11.8 Å². The highest BCUT2D eigenvalue weighted by Gasteiger charge is 2.37. The number of carbonyl (C=O) groups is 2. The fraction of sp³-hybridized carbons (Fsp3) is 0.577. The van der Waals surface area contributed by atoms with E-state index in [1.54, 1.807) is 23.1 Å². The van der Waals surface area contributed by atoms with Crippen molar-refractivity contribution in [3.8, 4) is 5.75 Å². The maximum Gasteiger partial charge on any atom is 0.292 e. The van der Waals surface area contributed by atoms with Crippen LogP contribution in [0.25, 0.3) is 0 Å². The van der Waals surface area contributed by atoms with Crippen LogP contribution < -0.4 is 4.74 Å².